The summed E-state index contributed by atoms with van der Waals surface area (Å²) in [5.41, 5.74) is 7.05. The molecule has 2 heterocycles. The van der Waals surface area contributed by atoms with Crippen LogP contribution in [-0.4, -0.2) is 0 Å². The predicted octanol–water partition coefficient (Wildman–Crippen LogP) is 12.7. The Morgan fingerprint density at radius 1 is 0.389 bits per heavy atom. The van der Waals surface area contributed by atoms with E-state index in [2.05, 4.69) is 159 Å². The molecule has 36 heavy (non-hydrogen) atoms. The maximum Gasteiger partial charge on any atom is 0.0349 e. The van der Waals surface area contributed by atoms with E-state index >= 15 is 0 Å². The van der Waals surface area contributed by atoms with Crippen LogP contribution in [0.1, 0.15) is 0 Å². The quantitative estimate of drug-likeness (QED) is 0.168. The van der Waals surface area contributed by atoms with Crippen molar-refractivity contribution in [2.24, 2.45) is 0 Å². The van der Waals surface area contributed by atoms with Crippen molar-refractivity contribution in [2.75, 3.05) is 0 Å². The second-order valence-electron chi connectivity index (χ2n) is 8.32. The van der Waals surface area contributed by atoms with E-state index in [-0.39, 0.29) is 0 Å². The van der Waals surface area contributed by atoms with Gasteiger partial charge in [0.25, 0.3) is 0 Å². The number of fused-ring (bicyclic) bond motifs is 1. The first-order chi connectivity index (χ1) is 17.5. The second kappa shape index (κ2) is 10.3. The van der Waals surface area contributed by atoms with E-state index in [0.29, 0.717) is 0 Å². The summed E-state index contributed by atoms with van der Waals surface area (Å²) < 4.78 is 4.23. The van der Waals surface area contributed by atoms with E-state index < -0.39 is 0 Å². The highest BCUT2D eigenvalue weighted by Gasteiger charge is 2.18. The minimum absolute atomic E-state index is 1.04. The van der Waals surface area contributed by atoms with Crippen LogP contribution in [0.25, 0.3) is 53.9 Å². The molecule has 0 aliphatic carbocycles. The average molecular weight is 760 g/mol. The number of halogens is 4. The first-order valence-electron chi connectivity index (χ1n) is 11.1. The van der Waals surface area contributed by atoms with Gasteiger partial charge in [0, 0.05) is 38.8 Å². The van der Waals surface area contributed by atoms with Crippen LogP contribution in [0, 0.1) is 0 Å². The van der Waals surface area contributed by atoms with Gasteiger partial charge >= 0.3 is 0 Å². The summed E-state index contributed by atoms with van der Waals surface area (Å²) in [6, 6.07) is 30.5. The molecule has 0 saturated heterocycles. The smallest absolute Gasteiger partial charge is 0.0349 e. The molecule has 0 spiro atoms. The molecule has 0 nitrogen and oxygen atoms in total. The van der Waals surface area contributed by atoms with Crippen molar-refractivity contribution in [3.05, 3.63) is 114 Å². The van der Waals surface area contributed by atoms with Gasteiger partial charge < -0.3 is 0 Å². The Kier molecular flexibility index (Phi) is 7.10. The molecule has 6 heteroatoms. The normalized spacial score (nSPS) is 11.3. The summed E-state index contributed by atoms with van der Waals surface area (Å²) in [6.45, 7) is 0. The van der Waals surface area contributed by atoms with E-state index in [9.17, 15) is 0 Å². The fourth-order valence-corrected chi connectivity index (χ4v) is 8.19. The molecule has 0 unspecified atom stereocenters. The van der Waals surface area contributed by atoms with Crippen LogP contribution in [0.5, 0.6) is 0 Å². The van der Waals surface area contributed by atoms with Crippen LogP contribution in [0.2, 0.25) is 0 Å². The first kappa shape index (κ1) is 24.8. The Bertz CT molecular complexity index is 1720. The number of thiophene rings is 2. The van der Waals surface area contributed by atoms with E-state index in [1.807, 2.05) is 0 Å². The van der Waals surface area contributed by atoms with Gasteiger partial charge in [-0.1, -0.05) is 100 Å². The van der Waals surface area contributed by atoms with E-state index in [1.54, 1.807) is 22.7 Å². The molecule has 0 atom stereocenters. The molecule has 0 saturated carbocycles. The minimum Gasteiger partial charge on any atom is -0.144 e. The molecular weight excluding hydrogens is 744 g/mol. The Hall–Kier alpha value is -1.54. The maximum absolute atomic E-state index is 3.90. The average Bonchev–Trinajstić information content (AvgIpc) is 3.60. The van der Waals surface area contributed by atoms with Crippen molar-refractivity contribution in [2.45, 2.75) is 0 Å². The summed E-state index contributed by atoms with van der Waals surface area (Å²) in [6.07, 6.45) is 0. The fraction of sp³-hybridized carbons (Fsp3) is 0. The topological polar surface area (TPSA) is 0 Å². The second-order valence-corrected chi connectivity index (χ2v) is 13.6. The van der Waals surface area contributed by atoms with Crippen LogP contribution < -0.4 is 0 Å². The molecule has 6 aromatic rings. The van der Waals surface area contributed by atoms with Crippen molar-refractivity contribution in [1.29, 1.82) is 0 Å². The highest BCUT2D eigenvalue weighted by molar-refractivity contribution is 9.11. The van der Waals surface area contributed by atoms with Gasteiger partial charge in [-0.25, -0.2) is 0 Å². The minimum atomic E-state index is 1.04. The lowest BCUT2D eigenvalue weighted by molar-refractivity contribution is 1.52. The summed E-state index contributed by atoms with van der Waals surface area (Å²) in [7, 11) is 0. The van der Waals surface area contributed by atoms with Crippen molar-refractivity contribution in [3.63, 3.8) is 0 Å². The highest BCUT2D eigenvalue weighted by Crippen LogP contribution is 2.47. The van der Waals surface area contributed by atoms with Crippen molar-refractivity contribution in [1.82, 2.24) is 0 Å². The molecule has 176 valence electrons. The zero-order chi connectivity index (χ0) is 24.8. The molecular formula is C30H16Br4S2. The van der Waals surface area contributed by atoms with Gasteiger partial charge in [0.05, 0.1) is 0 Å². The van der Waals surface area contributed by atoms with Gasteiger partial charge in [0.15, 0.2) is 0 Å². The van der Waals surface area contributed by atoms with Crippen molar-refractivity contribution >= 4 is 97.2 Å². The number of benzene rings is 4. The van der Waals surface area contributed by atoms with E-state index in [1.165, 1.54) is 31.7 Å². The van der Waals surface area contributed by atoms with Gasteiger partial charge in [-0.15, -0.1) is 22.7 Å². The maximum atomic E-state index is 3.90. The third-order valence-electron chi connectivity index (χ3n) is 6.15. The largest absolute Gasteiger partial charge is 0.144 e. The van der Waals surface area contributed by atoms with Crippen molar-refractivity contribution < 1.29 is 0 Å². The third kappa shape index (κ3) is 4.61. The SMILES string of the molecule is Brc1cc(-c2cc3ccccc3cc2Br)c(Br)cc1-c1cc(-c2cccs2)c(-c2cccs2)cc1Br. The molecule has 0 bridgehead atoms. The molecule has 0 radical (unpaired) electrons. The van der Waals surface area contributed by atoms with Gasteiger partial charge in [-0.3, -0.25) is 0 Å². The lowest BCUT2D eigenvalue weighted by Crippen LogP contribution is -1.90. The van der Waals surface area contributed by atoms with E-state index in [0.717, 1.165) is 40.1 Å². The standard InChI is InChI=1S/C30H16Br4S2/c31-25-12-18-6-2-1-5-17(18)11-19(25)21-14-27(33)22(15-26(21)32)20-13-23(29-7-3-9-35-29)24(16-28(20)34)30-8-4-10-36-30/h1-16H. The van der Waals surface area contributed by atoms with Gasteiger partial charge in [-0.05, 0) is 92.3 Å². The molecule has 0 amide bonds. The Morgan fingerprint density at radius 2 is 0.806 bits per heavy atom. The zero-order valence-electron chi connectivity index (χ0n) is 18.6. The Morgan fingerprint density at radius 3 is 1.33 bits per heavy atom. The number of hydrogen-bond acceptors (Lipinski definition) is 2. The van der Waals surface area contributed by atoms with Gasteiger partial charge in [0.1, 0.15) is 0 Å². The molecule has 0 N–H and O–H groups in total. The van der Waals surface area contributed by atoms with Gasteiger partial charge in [-0.2, -0.15) is 0 Å². The van der Waals surface area contributed by atoms with Crippen LogP contribution in [-0.2, 0) is 0 Å². The summed E-state index contributed by atoms with van der Waals surface area (Å²) in [5.74, 6) is 0. The van der Waals surface area contributed by atoms with Crippen LogP contribution in [0.15, 0.2) is 114 Å². The summed E-state index contributed by atoms with van der Waals surface area (Å²) >= 11 is 19.0. The number of rotatable bonds is 4. The Balaban J connectivity index is 1.51. The summed E-state index contributed by atoms with van der Waals surface area (Å²) in [4.78, 5) is 2.53. The van der Waals surface area contributed by atoms with E-state index in [4.69, 9.17) is 0 Å². The molecule has 0 aliphatic rings. The molecule has 0 aliphatic heterocycles. The predicted molar refractivity (Wildman–Crippen MR) is 172 cm³/mol. The van der Waals surface area contributed by atoms with Crippen molar-refractivity contribution in [3.8, 4) is 43.1 Å². The lowest BCUT2D eigenvalue weighted by Gasteiger charge is -2.16. The summed E-state index contributed by atoms with van der Waals surface area (Å²) in [5, 5.41) is 6.70. The zero-order valence-corrected chi connectivity index (χ0v) is 26.5. The van der Waals surface area contributed by atoms with Crippen LogP contribution in [0.4, 0.5) is 0 Å². The first-order valence-corrected chi connectivity index (χ1v) is 16.0. The van der Waals surface area contributed by atoms with Crippen LogP contribution in [0.3, 0.4) is 0 Å². The number of hydrogen-bond donors (Lipinski definition) is 0. The fourth-order valence-electron chi connectivity index (χ4n) is 4.43. The highest BCUT2D eigenvalue weighted by atomic mass is 79.9. The van der Waals surface area contributed by atoms with Gasteiger partial charge in [0.2, 0.25) is 0 Å². The Labute approximate surface area is 251 Å². The molecule has 2 aromatic heterocycles. The molecule has 4 aromatic carbocycles. The monoisotopic (exact) mass is 756 g/mol. The van der Waals surface area contributed by atoms with Crippen LogP contribution >= 0.6 is 86.4 Å². The lowest BCUT2D eigenvalue weighted by atomic mass is 9.95. The third-order valence-corrected chi connectivity index (χ3v) is 10.6. The molecule has 0 fully saturated rings. The molecule has 6 rings (SSSR count).